The summed E-state index contributed by atoms with van der Waals surface area (Å²) in [4.78, 5) is 24.5. The van der Waals surface area contributed by atoms with Crippen LogP contribution in [0.4, 0.5) is 4.79 Å². The molecule has 27 heavy (non-hydrogen) atoms. The summed E-state index contributed by atoms with van der Waals surface area (Å²) in [5.74, 6) is -0.334. The number of carbonyl (C=O) groups is 2. The third-order valence-corrected chi connectivity index (χ3v) is 4.76. The Hall–Kier alpha value is -2.86. The summed E-state index contributed by atoms with van der Waals surface area (Å²) in [5.41, 5.74) is 2.57. The summed E-state index contributed by atoms with van der Waals surface area (Å²) < 4.78 is 5.33. The van der Waals surface area contributed by atoms with Gasteiger partial charge in [-0.05, 0) is 36.1 Å². The number of nitrogens with zero attached hydrogens (tertiary/aromatic N) is 1. The smallest absolute Gasteiger partial charge is 0.407 e. The number of carbonyl (C=O) groups excluding carboxylic acids is 1. The van der Waals surface area contributed by atoms with Gasteiger partial charge in [-0.15, -0.1) is 0 Å². The lowest BCUT2D eigenvalue weighted by Gasteiger charge is -2.30. The van der Waals surface area contributed by atoms with Crippen molar-refractivity contribution in [3.05, 3.63) is 71.3 Å². The van der Waals surface area contributed by atoms with Crippen LogP contribution < -0.4 is 5.32 Å². The highest BCUT2D eigenvalue weighted by atomic mass is 16.5. The molecule has 2 aromatic rings. The monoisotopic (exact) mass is 368 g/mol. The van der Waals surface area contributed by atoms with Crippen molar-refractivity contribution in [2.75, 3.05) is 13.1 Å². The summed E-state index contributed by atoms with van der Waals surface area (Å²) >= 11 is 0. The fraction of sp³-hybridized carbons (Fsp3) is 0.333. The minimum Gasteiger partial charge on any atom is -0.465 e. The van der Waals surface area contributed by atoms with Crippen LogP contribution in [-0.2, 0) is 17.9 Å². The second-order valence-corrected chi connectivity index (χ2v) is 6.68. The van der Waals surface area contributed by atoms with Gasteiger partial charge in [0.2, 0.25) is 0 Å². The van der Waals surface area contributed by atoms with Crippen LogP contribution >= 0.6 is 0 Å². The summed E-state index contributed by atoms with van der Waals surface area (Å²) in [6, 6.07) is 17.3. The van der Waals surface area contributed by atoms with Crippen LogP contribution in [0.1, 0.15) is 34.3 Å². The van der Waals surface area contributed by atoms with E-state index < -0.39 is 6.09 Å². The molecule has 1 aliphatic heterocycles. The van der Waals surface area contributed by atoms with Gasteiger partial charge < -0.3 is 20.1 Å². The van der Waals surface area contributed by atoms with Gasteiger partial charge in [-0.2, -0.15) is 0 Å². The van der Waals surface area contributed by atoms with E-state index in [1.807, 2.05) is 42.5 Å². The average molecular weight is 368 g/mol. The largest absolute Gasteiger partial charge is 0.465 e. The predicted molar refractivity (Wildman–Crippen MR) is 101 cm³/mol. The van der Waals surface area contributed by atoms with Crippen molar-refractivity contribution in [1.29, 1.82) is 0 Å². The zero-order valence-electron chi connectivity index (χ0n) is 15.1. The number of hydrogen-bond acceptors (Lipinski definition) is 4. The van der Waals surface area contributed by atoms with Crippen LogP contribution in [0, 0.1) is 0 Å². The normalized spacial score (nSPS) is 14.7. The molecule has 6 heteroatoms. The molecule has 1 heterocycles. The fourth-order valence-corrected chi connectivity index (χ4v) is 3.10. The molecule has 0 saturated carbocycles. The Morgan fingerprint density at radius 3 is 2.30 bits per heavy atom. The molecule has 0 radical (unpaired) electrons. The topological polar surface area (TPSA) is 78.9 Å². The van der Waals surface area contributed by atoms with Crippen LogP contribution in [-0.4, -0.2) is 41.2 Å². The van der Waals surface area contributed by atoms with Crippen LogP contribution in [0.5, 0.6) is 0 Å². The molecule has 1 fully saturated rings. The highest BCUT2D eigenvalue weighted by molar-refractivity contribution is 5.89. The van der Waals surface area contributed by atoms with E-state index in [0.29, 0.717) is 31.2 Å². The molecule has 0 aliphatic carbocycles. The molecule has 2 aromatic carbocycles. The molecule has 1 saturated heterocycles. The molecule has 6 nitrogen and oxygen atoms in total. The minimum atomic E-state index is -0.844. The van der Waals surface area contributed by atoms with Crippen LogP contribution in [0.2, 0.25) is 0 Å². The third kappa shape index (κ3) is 5.56. The van der Waals surface area contributed by atoms with Crippen molar-refractivity contribution in [1.82, 2.24) is 10.2 Å². The maximum Gasteiger partial charge on any atom is 0.407 e. The first-order chi connectivity index (χ1) is 13.1. The van der Waals surface area contributed by atoms with Gasteiger partial charge in [0, 0.05) is 25.7 Å². The number of benzene rings is 2. The van der Waals surface area contributed by atoms with E-state index in [2.05, 4.69) is 5.32 Å². The number of amides is 1. The maximum absolute atomic E-state index is 12.1. The summed E-state index contributed by atoms with van der Waals surface area (Å²) in [6.45, 7) is 2.09. The number of hydrogen-bond donors (Lipinski definition) is 2. The van der Waals surface area contributed by atoms with Crippen molar-refractivity contribution >= 4 is 12.1 Å². The second kappa shape index (κ2) is 9.19. The van der Waals surface area contributed by atoms with Gasteiger partial charge in [-0.25, -0.2) is 9.59 Å². The van der Waals surface area contributed by atoms with E-state index in [-0.39, 0.29) is 12.6 Å². The van der Waals surface area contributed by atoms with Crippen molar-refractivity contribution in [3.63, 3.8) is 0 Å². The number of rotatable bonds is 6. The quantitative estimate of drug-likeness (QED) is 0.765. The van der Waals surface area contributed by atoms with E-state index in [0.717, 1.165) is 24.0 Å². The van der Waals surface area contributed by atoms with Gasteiger partial charge in [0.25, 0.3) is 0 Å². The molecule has 3 rings (SSSR count). The average Bonchev–Trinajstić information content (AvgIpc) is 2.72. The standard InChI is InChI=1S/C21H24N2O4/c24-20(27-15-17-4-2-1-3-5-17)18-8-6-16(7-9-18)14-22-19-10-12-23(13-11-19)21(25)26/h1-9,19,22H,10-15H2,(H,25,26). The molecule has 0 spiro atoms. The van der Waals surface area contributed by atoms with Crippen LogP contribution in [0.3, 0.4) is 0 Å². The van der Waals surface area contributed by atoms with E-state index >= 15 is 0 Å². The van der Waals surface area contributed by atoms with Crippen molar-refractivity contribution in [2.45, 2.75) is 32.0 Å². The SMILES string of the molecule is O=C(OCc1ccccc1)c1ccc(CNC2CCN(C(=O)O)CC2)cc1. The Morgan fingerprint density at radius 2 is 1.67 bits per heavy atom. The molecule has 142 valence electrons. The first-order valence-electron chi connectivity index (χ1n) is 9.13. The number of likely N-dealkylation sites (tertiary alicyclic amines) is 1. The Labute approximate surface area is 158 Å². The summed E-state index contributed by atoms with van der Waals surface area (Å²) in [5, 5.41) is 12.4. The minimum absolute atomic E-state index is 0.262. The molecular formula is C21H24N2O4. The summed E-state index contributed by atoms with van der Waals surface area (Å²) in [7, 11) is 0. The van der Waals surface area contributed by atoms with Gasteiger partial charge in [0.1, 0.15) is 6.61 Å². The zero-order chi connectivity index (χ0) is 19.1. The van der Waals surface area contributed by atoms with Gasteiger partial charge in [-0.1, -0.05) is 42.5 Å². The first kappa shape index (κ1) is 18.9. The number of piperidine rings is 1. The van der Waals surface area contributed by atoms with Crippen molar-refractivity contribution < 1.29 is 19.4 Å². The highest BCUT2D eigenvalue weighted by Gasteiger charge is 2.21. The fourth-order valence-electron chi connectivity index (χ4n) is 3.10. The van der Waals surface area contributed by atoms with Gasteiger partial charge in [0.05, 0.1) is 5.56 Å². The predicted octanol–water partition coefficient (Wildman–Crippen LogP) is 3.28. The van der Waals surface area contributed by atoms with Crippen LogP contribution in [0.25, 0.3) is 0 Å². The molecule has 0 aromatic heterocycles. The molecule has 0 unspecified atom stereocenters. The lowest BCUT2D eigenvalue weighted by Crippen LogP contribution is -2.44. The second-order valence-electron chi connectivity index (χ2n) is 6.68. The third-order valence-electron chi connectivity index (χ3n) is 4.76. The highest BCUT2D eigenvalue weighted by Crippen LogP contribution is 2.12. The van der Waals surface area contributed by atoms with E-state index in [4.69, 9.17) is 9.84 Å². The summed E-state index contributed by atoms with van der Waals surface area (Å²) in [6.07, 6.45) is 0.787. The Bertz CT molecular complexity index is 754. The molecule has 0 bridgehead atoms. The Kier molecular flexibility index (Phi) is 6.44. The number of ether oxygens (including phenoxy) is 1. The van der Waals surface area contributed by atoms with Gasteiger partial charge >= 0.3 is 12.1 Å². The lowest BCUT2D eigenvalue weighted by atomic mass is 10.0. The Morgan fingerprint density at radius 1 is 1.00 bits per heavy atom. The van der Waals surface area contributed by atoms with Gasteiger partial charge in [0.15, 0.2) is 0 Å². The van der Waals surface area contributed by atoms with E-state index in [1.54, 1.807) is 12.1 Å². The maximum atomic E-state index is 12.1. The zero-order valence-corrected chi connectivity index (χ0v) is 15.1. The lowest BCUT2D eigenvalue weighted by molar-refractivity contribution is 0.0472. The number of carboxylic acid groups (broad SMARTS) is 1. The van der Waals surface area contributed by atoms with Crippen LogP contribution in [0.15, 0.2) is 54.6 Å². The molecular weight excluding hydrogens is 344 g/mol. The number of esters is 1. The first-order valence-corrected chi connectivity index (χ1v) is 9.13. The van der Waals surface area contributed by atoms with E-state index in [1.165, 1.54) is 4.90 Å². The Balaban J connectivity index is 1.43. The molecule has 0 atom stereocenters. The number of nitrogens with one attached hydrogen (secondary N) is 1. The van der Waals surface area contributed by atoms with E-state index in [9.17, 15) is 9.59 Å². The molecule has 2 N–H and O–H groups in total. The molecule has 1 aliphatic rings. The van der Waals surface area contributed by atoms with Crippen molar-refractivity contribution in [2.24, 2.45) is 0 Å². The van der Waals surface area contributed by atoms with Crippen molar-refractivity contribution in [3.8, 4) is 0 Å². The van der Waals surface area contributed by atoms with Gasteiger partial charge in [-0.3, -0.25) is 0 Å². The molecule has 1 amide bonds.